The summed E-state index contributed by atoms with van der Waals surface area (Å²) in [6.07, 6.45) is 7.31. The Kier molecular flexibility index (Phi) is 4.89. The lowest BCUT2D eigenvalue weighted by molar-refractivity contribution is 0.0697. The van der Waals surface area contributed by atoms with Crippen molar-refractivity contribution in [1.82, 2.24) is 4.90 Å². The zero-order valence-electron chi connectivity index (χ0n) is 12.7. The Morgan fingerprint density at radius 2 is 1.91 bits per heavy atom. The second-order valence-electron chi connectivity index (χ2n) is 6.34. The number of aromatic carboxylic acids is 1. The maximum atomic E-state index is 11.4. The highest BCUT2D eigenvalue weighted by molar-refractivity contribution is 6.31. The van der Waals surface area contributed by atoms with E-state index in [1.54, 1.807) is 18.2 Å². The Hall–Kier alpha value is -1.26. The summed E-state index contributed by atoms with van der Waals surface area (Å²) in [7, 11) is 0. The lowest BCUT2D eigenvalue weighted by Crippen LogP contribution is -2.47. The van der Waals surface area contributed by atoms with E-state index in [9.17, 15) is 9.90 Å². The van der Waals surface area contributed by atoms with Gasteiger partial charge in [0.25, 0.3) is 0 Å². The van der Waals surface area contributed by atoms with E-state index in [0.29, 0.717) is 28.4 Å². The van der Waals surface area contributed by atoms with Gasteiger partial charge in [-0.15, -0.1) is 0 Å². The first-order valence-corrected chi connectivity index (χ1v) is 8.56. The zero-order valence-corrected chi connectivity index (χ0v) is 13.5. The van der Waals surface area contributed by atoms with E-state index in [2.05, 4.69) is 10.2 Å². The highest BCUT2D eigenvalue weighted by Gasteiger charge is 2.32. The van der Waals surface area contributed by atoms with Gasteiger partial charge >= 0.3 is 5.97 Å². The monoisotopic (exact) mass is 322 g/mol. The van der Waals surface area contributed by atoms with Crippen molar-refractivity contribution in [1.29, 1.82) is 0 Å². The van der Waals surface area contributed by atoms with E-state index in [-0.39, 0.29) is 0 Å². The molecule has 3 rings (SSSR count). The molecule has 1 saturated carbocycles. The smallest absolute Gasteiger partial charge is 0.337 e. The second kappa shape index (κ2) is 6.88. The number of nitrogens with zero attached hydrogens (tertiary/aromatic N) is 1. The number of likely N-dealkylation sites (tertiary alicyclic amines) is 1. The third-order valence-electron chi connectivity index (χ3n) is 4.89. The molecular weight excluding hydrogens is 300 g/mol. The lowest BCUT2D eigenvalue weighted by Gasteiger charge is -2.39. The molecule has 22 heavy (non-hydrogen) atoms. The molecule has 120 valence electrons. The fourth-order valence-corrected chi connectivity index (χ4v) is 3.98. The van der Waals surface area contributed by atoms with Gasteiger partial charge in [-0.3, -0.25) is 4.90 Å². The van der Waals surface area contributed by atoms with Crippen LogP contribution in [0.25, 0.3) is 0 Å². The highest BCUT2D eigenvalue weighted by Crippen LogP contribution is 2.30. The van der Waals surface area contributed by atoms with Crippen molar-refractivity contribution in [3.8, 4) is 0 Å². The summed E-state index contributed by atoms with van der Waals surface area (Å²) in [6, 6.07) is 5.77. The summed E-state index contributed by atoms with van der Waals surface area (Å²) in [5, 5.41) is 13.4. The number of hydrogen-bond donors (Lipinski definition) is 2. The molecule has 2 atom stereocenters. The van der Waals surface area contributed by atoms with Crippen molar-refractivity contribution in [3.63, 3.8) is 0 Å². The number of carboxylic acid groups (broad SMARTS) is 1. The number of hydrogen-bond acceptors (Lipinski definition) is 3. The SMILES string of the molecule is O=C(O)c1ccc(Cl)cc1N[C@@H]1CCCC[C@@H]1N1CCCC1. The molecule has 4 nitrogen and oxygen atoms in total. The fraction of sp³-hybridized carbons (Fsp3) is 0.588. The molecule has 2 N–H and O–H groups in total. The Balaban J connectivity index is 1.80. The number of carboxylic acids is 1. The highest BCUT2D eigenvalue weighted by atomic mass is 35.5. The van der Waals surface area contributed by atoms with Crippen molar-refractivity contribution in [3.05, 3.63) is 28.8 Å². The minimum atomic E-state index is -0.910. The van der Waals surface area contributed by atoms with Crippen LogP contribution in [0.5, 0.6) is 0 Å². The molecule has 0 radical (unpaired) electrons. The molecule has 1 heterocycles. The first kappa shape index (κ1) is 15.6. The number of halogens is 1. The molecule has 0 spiro atoms. The van der Waals surface area contributed by atoms with Crippen molar-refractivity contribution < 1.29 is 9.90 Å². The first-order chi connectivity index (χ1) is 10.6. The van der Waals surface area contributed by atoms with Crippen LogP contribution in [0.2, 0.25) is 5.02 Å². The van der Waals surface area contributed by atoms with Crippen LogP contribution in [0.1, 0.15) is 48.9 Å². The summed E-state index contributed by atoms with van der Waals surface area (Å²) in [5.74, 6) is -0.910. The van der Waals surface area contributed by atoms with Crippen molar-refractivity contribution in [2.45, 2.75) is 50.6 Å². The summed E-state index contributed by atoms with van der Waals surface area (Å²) >= 11 is 6.06. The zero-order chi connectivity index (χ0) is 15.5. The van der Waals surface area contributed by atoms with Crippen LogP contribution < -0.4 is 5.32 Å². The van der Waals surface area contributed by atoms with Gasteiger partial charge in [0.05, 0.1) is 11.3 Å². The van der Waals surface area contributed by atoms with Gasteiger partial charge in [-0.05, 0) is 57.0 Å². The van der Waals surface area contributed by atoms with Crippen molar-refractivity contribution >= 4 is 23.3 Å². The molecule has 0 aromatic heterocycles. The van der Waals surface area contributed by atoms with E-state index in [0.717, 1.165) is 6.42 Å². The predicted molar refractivity (Wildman–Crippen MR) is 88.9 cm³/mol. The third-order valence-corrected chi connectivity index (χ3v) is 5.13. The summed E-state index contributed by atoms with van der Waals surface area (Å²) in [6.45, 7) is 2.34. The molecule has 0 bridgehead atoms. The minimum absolute atomic E-state index is 0.301. The molecule has 1 aromatic rings. The van der Waals surface area contributed by atoms with Crippen LogP contribution in [0.3, 0.4) is 0 Å². The normalized spacial score (nSPS) is 26.0. The van der Waals surface area contributed by atoms with Gasteiger partial charge < -0.3 is 10.4 Å². The molecule has 2 aliphatic rings. The molecule has 2 fully saturated rings. The number of carbonyl (C=O) groups is 1. The van der Waals surface area contributed by atoms with E-state index < -0.39 is 5.97 Å². The second-order valence-corrected chi connectivity index (χ2v) is 6.78. The number of nitrogens with one attached hydrogen (secondary N) is 1. The van der Waals surface area contributed by atoms with Gasteiger partial charge in [0.15, 0.2) is 0 Å². The standard InChI is InChI=1S/C17H23ClN2O2/c18-12-7-8-13(17(21)22)15(11-12)19-14-5-1-2-6-16(14)20-9-3-4-10-20/h7-8,11,14,16,19H,1-6,9-10H2,(H,21,22)/t14-,16+/m1/s1. The molecule has 0 amide bonds. The predicted octanol–water partition coefficient (Wildman–Crippen LogP) is 3.86. The van der Waals surface area contributed by atoms with Crippen molar-refractivity contribution in [2.75, 3.05) is 18.4 Å². The lowest BCUT2D eigenvalue weighted by atomic mass is 9.89. The molecule has 1 saturated heterocycles. The average Bonchev–Trinajstić information content (AvgIpc) is 3.01. The number of rotatable bonds is 4. The topological polar surface area (TPSA) is 52.6 Å². The van der Waals surface area contributed by atoms with Gasteiger partial charge in [-0.25, -0.2) is 4.79 Å². The van der Waals surface area contributed by atoms with Gasteiger partial charge in [-0.2, -0.15) is 0 Å². The fourth-order valence-electron chi connectivity index (χ4n) is 3.81. The average molecular weight is 323 g/mol. The van der Waals surface area contributed by atoms with Gasteiger partial charge in [0, 0.05) is 17.1 Å². The van der Waals surface area contributed by atoms with Gasteiger partial charge in [0.1, 0.15) is 0 Å². The molecule has 1 aliphatic heterocycles. The summed E-state index contributed by atoms with van der Waals surface area (Å²) in [5.41, 5.74) is 0.950. The third kappa shape index (κ3) is 3.39. The van der Waals surface area contributed by atoms with Gasteiger partial charge in [0.2, 0.25) is 0 Å². The van der Waals surface area contributed by atoms with E-state index in [1.165, 1.54) is 45.2 Å². The van der Waals surface area contributed by atoms with Crippen LogP contribution in [-0.2, 0) is 0 Å². The molecular formula is C17H23ClN2O2. The summed E-state index contributed by atoms with van der Waals surface area (Å²) in [4.78, 5) is 14.0. The van der Waals surface area contributed by atoms with Crippen LogP contribution in [0.4, 0.5) is 5.69 Å². The Labute approximate surface area is 136 Å². The van der Waals surface area contributed by atoms with Gasteiger partial charge in [-0.1, -0.05) is 24.4 Å². The van der Waals surface area contributed by atoms with E-state index in [4.69, 9.17) is 11.6 Å². The summed E-state index contributed by atoms with van der Waals surface area (Å²) < 4.78 is 0. The maximum Gasteiger partial charge on any atom is 0.337 e. The molecule has 1 aliphatic carbocycles. The quantitative estimate of drug-likeness (QED) is 0.884. The van der Waals surface area contributed by atoms with Crippen LogP contribution >= 0.6 is 11.6 Å². The number of benzene rings is 1. The first-order valence-electron chi connectivity index (χ1n) is 8.18. The van der Waals surface area contributed by atoms with Crippen LogP contribution in [0.15, 0.2) is 18.2 Å². The molecule has 5 heteroatoms. The minimum Gasteiger partial charge on any atom is -0.478 e. The Morgan fingerprint density at radius 3 is 2.64 bits per heavy atom. The maximum absolute atomic E-state index is 11.4. The van der Waals surface area contributed by atoms with E-state index in [1.807, 2.05) is 0 Å². The van der Waals surface area contributed by atoms with E-state index >= 15 is 0 Å². The largest absolute Gasteiger partial charge is 0.478 e. The van der Waals surface area contributed by atoms with Crippen LogP contribution in [-0.4, -0.2) is 41.1 Å². The Bertz CT molecular complexity index is 543. The molecule has 0 unspecified atom stereocenters. The number of anilines is 1. The van der Waals surface area contributed by atoms with Crippen LogP contribution in [0, 0.1) is 0 Å². The van der Waals surface area contributed by atoms with Crippen molar-refractivity contribution in [2.24, 2.45) is 0 Å². The Morgan fingerprint density at radius 1 is 1.18 bits per heavy atom. The molecule has 1 aromatic carbocycles.